The zero-order chi connectivity index (χ0) is 20.0. The third kappa shape index (κ3) is 3.72. The minimum atomic E-state index is -3.71. The normalized spacial score (nSPS) is 20.4. The van der Waals surface area contributed by atoms with Crippen molar-refractivity contribution in [3.63, 3.8) is 0 Å². The molecule has 2 aliphatic rings. The van der Waals surface area contributed by atoms with Crippen molar-refractivity contribution in [3.05, 3.63) is 41.3 Å². The van der Waals surface area contributed by atoms with E-state index >= 15 is 0 Å². The van der Waals surface area contributed by atoms with Crippen molar-refractivity contribution in [2.75, 3.05) is 24.4 Å². The van der Waals surface area contributed by atoms with Crippen LogP contribution in [-0.4, -0.2) is 37.5 Å². The van der Waals surface area contributed by atoms with Gasteiger partial charge in [0, 0.05) is 18.1 Å². The molecule has 2 aromatic heterocycles. The van der Waals surface area contributed by atoms with Crippen LogP contribution in [0.25, 0.3) is 4.96 Å². The third-order valence-corrected chi connectivity index (χ3v) is 8.69. The number of sulfonamides is 1. The third-order valence-electron chi connectivity index (χ3n) is 5.67. The maximum absolute atomic E-state index is 12.9. The minimum Gasteiger partial charge on any atom is -0.493 e. The van der Waals surface area contributed by atoms with Gasteiger partial charge in [0.2, 0.25) is 0 Å². The van der Waals surface area contributed by atoms with Crippen molar-refractivity contribution in [3.8, 4) is 5.75 Å². The molecule has 29 heavy (non-hydrogen) atoms. The van der Waals surface area contributed by atoms with E-state index in [0.717, 1.165) is 55.0 Å². The smallest absolute Gasteiger partial charge is 0.273 e. The van der Waals surface area contributed by atoms with Crippen molar-refractivity contribution < 1.29 is 13.2 Å². The Bertz CT molecular complexity index is 1120. The summed E-state index contributed by atoms with van der Waals surface area (Å²) in [5.74, 6) is 1.87. The number of hydrogen-bond donors (Lipinski definition) is 2. The molecule has 2 N–H and O–H groups in total. The summed E-state index contributed by atoms with van der Waals surface area (Å²) >= 11 is 6.94. The molecule has 1 fully saturated rings. The van der Waals surface area contributed by atoms with Crippen molar-refractivity contribution >= 4 is 43.6 Å². The predicted molar refractivity (Wildman–Crippen MR) is 114 cm³/mol. The fourth-order valence-electron chi connectivity index (χ4n) is 4.30. The highest BCUT2D eigenvalue weighted by Gasteiger charge is 2.30. The molecule has 2 aliphatic heterocycles. The first-order valence-electron chi connectivity index (χ1n) is 9.64. The number of nitrogens with one attached hydrogen (secondary N) is 2. The topological polar surface area (TPSA) is 84.7 Å². The average molecular weight is 453 g/mol. The summed E-state index contributed by atoms with van der Waals surface area (Å²) in [6.07, 6.45) is 6.36. The van der Waals surface area contributed by atoms with Gasteiger partial charge in [-0.2, -0.15) is 0 Å². The van der Waals surface area contributed by atoms with Crippen LogP contribution in [0.1, 0.15) is 30.7 Å². The van der Waals surface area contributed by atoms with E-state index in [4.69, 9.17) is 16.3 Å². The average Bonchev–Trinajstić information content (AvgIpc) is 3.26. The van der Waals surface area contributed by atoms with Crippen LogP contribution >= 0.6 is 22.9 Å². The van der Waals surface area contributed by atoms with E-state index in [1.807, 2.05) is 12.1 Å². The summed E-state index contributed by atoms with van der Waals surface area (Å²) in [5, 5.41) is 3.75. The summed E-state index contributed by atoms with van der Waals surface area (Å²) < 4.78 is 36.2. The molecule has 5 rings (SSSR count). The number of thiazole rings is 1. The van der Waals surface area contributed by atoms with Crippen LogP contribution < -0.4 is 14.8 Å². The van der Waals surface area contributed by atoms with Crippen molar-refractivity contribution in [2.24, 2.45) is 5.92 Å². The maximum Gasteiger partial charge on any atom is 0.273 e. The lowest BCUT2D eigenvalue weighted by Gasteiger charge is -2.35. The molecule has 0 saturated carbocycles. The number of halogens is 1. The predicted octanol–water partition coefficient (Wildman–Crippen LogP) is 3.72. The molecule has 0 bridgehead atoms. The van der Waals surface area contributed by atoms with E-state index in [9.17, 15) is 8.42 Å². The van der Waals surface area contributed by atoms with Gasteiger partial charge in [-0.15, -0.1) is 0 Å². The summed E-state index contributed by atoms with van der Waals surface area (Å²) in [6, 6.07) is 5.58. The van der Waals surface area contributed by atoms with Crippen LogP contribution in [0.15, 0.2) is 34.8 Å². The Kier molecular flexibility index (Phi) is 4.93. The highest BCUT2D eigenvalue weighted by Crippen LogP contribution is 2.42. The van der Waals surface area contributed by atoms with Gasteiger partial charge in [0.05, 0.1) is 6.61 Å². The molecule has 4 heterocycles. The molecular formula is C19H21ClN4O3S2. The van der Waals surface area contributed by atoms with E-state index in [0.29, 0.717) is 34.2 Å². The van der Waals surface area contributed by atoms with Gasteiger partial charge in [-0.05, 0) is 68.0 Å². The van der Waals surface area contributed by atoms with Gasteiger partial charge in [-0.1, -0.05) is 22.9 Å². The number of ether oxygens (including phenoxy) is 1. The summed E-state index contributed by atoms with van der Waals surface area (Å²) in [6.45, 7) is 2.78. The second kappa shape index (κ2) is 7.46. The second-order valence-electron chi connectivity index (χ2n) is 7.49. The number of hydrogen-bond acceptors (Lipinski definition) is 6. The molecule has 0 aliphatic carbocycles. The molecule has 0 radical (unpaired) electrons. The lowest BCUT2D eigenvalue weighted by atomic mass is 9.77. The molecule has 0 amide bonds. The number of piperidine rings is 1. The van der Waals surface area contributed by atoms with Crippen molar-refractivity contribution in [2.45, 2.75) is 29.4 Å². The van der Waals surface area contributed by atoms with E-state index in [-0.39, 0.29) is 4.21 Å². The van der Waals surface area contributed by atoms with Gasteiger partial charge in [-0.3, -0.25) is 9.12 Å². The van der Waals surface area contributed by atoms with Gasteiger partial charge < -0.3 is 10.1 Å². The molecule has 0 spiro atoms. The van der Waals surface area contributed by atoms with Gasteiger partial charge in [-0.25, -0.2) is 13.4 Å². The Balaban J connectivity index is 1.43. The quantitative estimate of drug-likeness (QED) is 0.630. The maximum atomic E-state index is 12.9. The number of anilines is 1. The molecule has 1 saturated heterocycles. The number of imidazole rings is 1. The largest absolute Gasteiger partial charge is 0.493 e. The van der Waals surface area contributed by atoms with E-state index in [1.165, 1.54) is 6.20 Å². The number of benzene rings is 1. The van der Waals surface area contributed by atoms with Crippen LogP contribution in [0.2, 0.25) is 5.15 Å². The SMILES string of the molecule is O=S(=O)(Nc1ccc2c(c1)C(C1CCNCC1)CCO2)c1cn2cc(Cl)nc2s1. The number of nitrogens with zero attached hydrogens (tertiary/aromatic N) is 2. The lowest BCUT2D eigenvalue weighted by Crippen LogP contribution is -2.32. The van der Waals surface area contributed by atoms with Crippen molar-refractivity contribution in [1.82, 2.24) is 14.7 Å². The second-order valence-corrected chi connectivity index (χ2v) is 10.8. The number of fused-ring (bicyclic) bond motifs is 2. The first-order valence-corrected chi connectivity index (χ1v) is 12.3. The molecule has 154 valence electrons. The van der Waals surface area contributed by atoms with E-state index < -0.39 is 10.0 Å². The fourth-order valence-corrected chi connectivity index (χ4v) is 6.81. The Morgan fingerprint density at radius 2 is 2.07 bits per heavy atom. The number of rotatable bonds is 4. The lowest BCUT2D eigenvalue weighted by molar-refractivity contribution is 0.216. The summed E-state index contributed by atoms with van der Waals surface area (Å²) in [7, 11) is -3.71. The highest BCUT2D eigenvalue weighted by atomic mass is 35.5. The van der Waals surface area contributed by atoms with Crippen molar-refractivity contribution in [1.29, 1.82) is 0 Å². The minimum absolute atomic E-state index is 0.195. The van der Waals surface area contributed by atoms with Crippen LogP contribution in [0.3, 0.4) is 0 Å². The van der Waals surface area contributed by atoms with Crippen LogP contribution in [0.5, 0.6) is 5.75 Å². The van der Waals surface area contributed by atoms with Crippen LogP contribution in [0, 0.1) is 5.92 Å². The molecule has 1 unspecified atom stereocenters. The van der Waals surface area contributed by atoms with Crippen LogP contribution in [0.4, 0.5) is 5.69 Å². The zero-order valence-corrected chi connectivity index (χ0v) is 18.0. The van der Waals surface area contributed by atoms with Crippen LogP contribution in [-0.2, 0) is 10.0 Å². The van der Waals surface area contributed by atoms with Gasteiger partial charge in [0.15, 0.2) is 9.17 Å². The Labute approximate surface area is 178 Å². The van der Waals surface area contributed by atoms with Gasteiger partial charge >= 0.3 is 0 Å². The van der Waals surface area contributed by atoms with Gasteiger partial charge in [0.1, 0.15) is 10.9 Å². The Morgan fingerprint density at radius 3 is 2.86 bits per heavy atom. The summed E-state index contributed by atoms with van der Waals surface area (Å²) in [5.41, 5.74) is 1.66. The molecule has 7 nitrogen and oxygen atoms in total. The number of aromatic nitrogens is 2. The van der Waals surface area contributed by atoms with Gasteiger partial charge in [0.25, 0.3) is 10.0 Å². The van der Waals surface area contributed by atoms with E-state index in [1.54, 1.807) is 16.7 Å². The molecule has 1 aromatic carbocycles. The molecule has 3 aromatic rings. The first-order chi connectivity index (χ1) is 14.0. The Morgan fingerprint density at radius 1 is 1.24 bits per heavy atom. The molecular weight excluding hydrogens is 432 g/mol. The van der Waals surface area contributed by atoms with E-state index in [2.05, 4.69) is 15.0 Å². The zero-order valence-electron chi connectivity index (χ0n) is 15.6. The molecule has 1 atom stereocenters. The Hall–Kier alpha value is -1.81. The fraction of sp³-hybridized carbons (Fsp3) is 0.421. The molecule has 10 heteroatoms. The highest BCUT2D eigenvalue weighted by molar-refractivity contribution is 7.94. The monoisotopic (exact) mass is 452 g/mol. The standard InChI is InChI=1S/C19H21ClN4O3S2/c20-17-10-24-11-18(28-19(24)22-17)29(25,26)23-13-1-2-16-15(9-13)14(5-8-27-16)12-3-6-21-7-4-12/h1-2,9-12,14,21,23H,3-8H2. The summed E-state index contributed by atoms with van der Waals surface area (Å²) in [4.78, 5) is 4.65. The first kappa shape index (κ1) is 19.2.